The van der Waals surface area contributed by atoms with Gasteiger partial charge >= 0.3 is 0 Å². The van der Waals surface area contributed by atoms with E-state index in [2.05, 4.69) is 0 Å². The molecule has 0 fully saturated rings. The second-order valence-corrected chi connectivity index (χ2v) is 5.90. The maximum Gasteiger partial charge on any atom is 0.244 e. The summed E-state index contributed by atoms with van der Waals surface area (Å²) in [5.41, 5.74) is 4.23. The van der Waals surface area contributed by atoms with Gasteiger partial charge in [-0.3, -0.25) is 4.79 Å². The minimum atomic E-state index is -4.29. The van der Waals surface area contributed by atoms with Crippen LogP contribution >= 0.6 is 0 Å². The summed E-state index contributed by atoms with van der Waals surface area (Å²) in [6, 6.07) is 1.50. The van der Waals surface area contributed by atoms with E-state index in [1.54, 1.807) is 13.8 Å². The van der Waals surface area contributed by atoms with Crippen molar-refractivity contribution in [3.63, 3.8) is 0 Å². The first-order valence-electron chi connectivity index (χ1n) is 6.25. The summed E-state index contributed by atoms with van der Waals surface area (Å²) in [5, 5.41) is 0. The van der Waals surface area contributed by atoms with Crippen LogP contribution in [-0.4, -0.2) is 38.9 Å². The van der Waals surface area contributed by atoms with Gasteiger partial charge in [0.2, 0.25) is 15.9 Å². The Bertz CT molecular complexity index is 631. The zero-order chi connectivity index (χ0) is 16.2. The molecule has 0 saturated heterocycles. The quantitative estimate of drug-likeness (QED) is 0.754. The molecule has 0 aromatic heterocycles. The zero-order valence-electron chi connectivity index (χ0n) is 11.7. The Hall–Kier alpha value is -1.74. The first-order chi connectivity index (χ1) is 9.74. The number of anilines is 1. The van der Waals surface area contributed by atoms with Gasteiger partial charge in [0.15, 0.2) is 5.82 Å². The predicted octanol–water partition coefficient (Wildman–Crippen LogP) is 0.694. The number of nitrogens with two attached hydrogens (primary N) is 1. The van der Waals surface area contributed by atoms with E-state index in [4.69, 9.17) is 5.73 Å². The van der Waals surface area contributed by atoms with Gasteiger partial charge in [-0.05, 0) is 26.0 Å². The van der Waals surface area contributed by atoms with Crippen molar-refractivity contribution >= 4 is 21.6 Å². The van der Waals surface area contributed by atoms with Crippen molar-refractivity contribution in [3.8, 4) is 0 Å². The summed E-state index contributed by atoms with van der Waals surface area (Å²) in [6.45, 7) is 3.83. The molecule has 0 heterocycles. The molecule has 0 aliphatic carbocycles. The van der Waals surface area contributed by atoms with Gasteiger partial charge < -0.3 is 10.6 Å². The van der Waals surface area contributed by atoms with E-state index in [0.717, 1.165) is 12.1 Å². The Morgan fingerprint density at radius 2 is 1.86 bits per heavy atom. The minimum Gasteiger partial charge on any atom is -0.394 e. The summed E-state index contributed by atoms with van der Waals surface area (Å²) >= 11 is 0. The second kappa shape index (κ2) is 6.81. The van der Waals surface area contributed by atoms with Crippen molar-refractivity contribution in [1.29, 1.82) is 0 Å². The maximum atomic E-state index is 13.7. The van der Waals surface area contributed by atoms with Gasteiger partial charge in [0.25, 0.3) is 0 Å². The average molecular weight is 321 g/mol. The Labute approximate surface area is 122 Å². The molecule has 9 heteroatoms. The third kappa shape index (κ3) is 3.88. The lowest BCUT2D eigenvalue weighted by atomic mass is 10.3. The van der Waals surface area contributed by atoms with E-state index in [0.29, 0.717) is 13.1 Å². The van der Waals surface area contributed by atoms with Crippen LogP contribution in [0.1, 0.15) is 13.8 Å². The van der Waals surface area contributed by atoms with E-state index in [-0.39, 0.29) is 0 Å². The smallest absolute Gasteiger partial charge is 0.244 e. The molecule has 21 heavy (non-hydrogen) atoms. The van der Waals surface area contributed by atoms with Gasteiger partial charge in [-0.1, -0.05) is 0 Å². The molecule has 0 unspecified atom stereocenters. The number of likely N-dealkylation sites (N-methyl/N-ethyl adjacent to an activating group) is 1. The van der Waals surface area contributed by atoms with E-state index in [9.17, 15) is 22.0 Å². The van der Waals surface area contributed by atoms with Crippen LogP contribution in [0.4, 0.5) is 14.5 Å². The number of hydrogen-bond donors (Lipinski definition) is 2. The molecule has 6 nitrogen and oxygen atoms in total. The van der Waals surface area contributed by atoms with Gasteiger partial charge in [-0.2, -0.15) is 0 Å². The summed E-state index contributed by atoms with van der Waals surface area (Å²) in [7, 11) is -4.29. The molecular weight excluding hydrogens is 304 g/mol. The number of amides is 1. The fourth-order valence-electron chi connectivity index (χ4n) is 1.68. The number of rotatable bonds is 6. The van der Waals surface area contributed by atoms with E-state index in [1.807, 2.05) is 4.72 Å². The van der Waals surface area contributed by atoms with Crippen LogP contribution in [0, 0.1) is 11.6 Å². The third-order valence-corrected chi connectivity index (χ3v) is 4.33. The largest absolute Gasteiger partial charge is 0.394 e. The highest BCUT2D eigenvalue weighted by atomic mass is 32.2. The molecule has 0 atom stereocenters. The summed E-state index contributed by atoms with van der Waals surface area (Å²) in [6.07, 6.45) is 0. The minimum absolute atomic E-state index is 0.426. The Kier molecular flexibility index (Phi) is 5.62. The van der Waals surface area contributed by atoms with Crippen LogP contribution in [0.25, 0.3) is 0 Å². The lowest BCUT2D eigenvalue weighted by Crippen LogP contribution is -2.40. The van der Waals surface area contributed by atoms with Crippen LogP contribution in [0.2, 0.25) is 0 Å². The highest BCUT2D eigenvalue weighted by molar-refractivity contribution is 7.89. The molecule has 0 saturated carbocycles. The Morgan fingerprint density at radius 3 is 2.38 bits per heavy atom. The molecule has 0 aliphatic rings. The number of sulfonamides is 1. The van der Waals surface area contributed by atoms with Crippen LogP contribution in [0.5, 0.6) is 0 Å². The molecule has 1 amide bonds. The Balaban J connectivity index is 2.93. The molecule has 118 valence electrons. The van der Waals surface area contributed by atoms with Crippen LogP contribution in [0.15, 0.2) is 17.0 Å². The number of hydrogen-bond acceptors (Lipinski definition) is 4. The van der Waals surface area contributed by atoms with Crippen molar-refractivity contribution < 1.29 is 22.0 Å². The first kappa shape index (κ1) is 17.3. The summed E-state index contributed by atoms with van der Waals surface area (Å²) in [5.74, 6) is -2.87. The van der Waals surface area contributed by atoms with Crippen molar-refractivity contribution in [2.75, 3.05) is 25.4 Å². The summed E-state index contributed by atoms with van der Waals surface area (Å²) < 4.78 is 52.5. The van der Waals surface area contributed by atoms with E-state index >= 15 is 0 Å². The monoisotopic (exact) mass is 321 g/mol. The molecule has 1 rings (SSSR count). The molecular formula is C12H17F2N3O3S. The standard InChI is InChI=1S/C12H17F2N3O3S/c1-3-17(4-2)10(18)7-16-21(19,20)9-6-5-8(13)12(15)11(9)14/h5-6,16H,3-4,7,15H2,1-2H3. The molecule has 0 radical (unpaired) electrons. The van der Waals surface area contributed by atoms with Gasteiger partial charge in [0.1, 0.15) is 16.4 Å². The fraction of sp³-hybridized carbons (Fsp3) is 0.417. The van der Waals surface area contributed by atoms with Crippen molar-refractivity contribution in [3.05, 3.63) is 23.8 Å². The van der Waals surface area contributed by atoms with Crippen molar-refractivity contribution in [2.45, 2.75) is 18.7 Å². The van der Waals surface area contributed by atoms with Crippen LogP contribution in [-0.2, 0) is 14.8 Å². The number of halogens is 2. The van der Waals surface area contributed by atoms with Gasteiger partial charge in [0.05, 0.1) is 6.54 Å². The number of carbonyl (C=O) groups is 1. The predicted molar refractivity (Wildman–Crippen MR) is 73.9 cm³/mol. The number of nitrogen functional groups attached to an aromatic ring is 1. The lowest BCUT2D eigenvalue weighted by molar-refractivity contribution is -0.129. The van der Waals surface area contributed by atoms with Crippen molar-refractivity contribution in [1.82, 2.24) is 9.62 Å². The third-order valence-electron chi connectivity index (χ3n) is 2.91. The van der Waals surface area contributed by atoms with Gasteiger partial charge in [-0.25, -0.2) is 21.9 Å². The highest BCUT2D eigenvalue weighted by Gasteiger charge is 2.23. The zero-order valence-corrected chi connectivity index (χ0v) is 12.5. The lowest BCUT2D eigenvalue weighted by Gasteiger charge is -2.18. The molecule has 1 aromatic carbocycles. The molecule has 0 spiro atoms. The van der Waals surface area contributed by atoms with E-state index in [1.165, 1.54) is 4.90 Å². The van der Waals surface area contributed by atoms with Crippen molar-refractivity contribution in [2.24, 2.45) is 0 Å². The first-order valence-corrected chi connectivity index (χ1v) is 7.73. The van der Waals surface area contributed by atoms with Gasteiger partial charge in [-0.15, -0.1) is 0 Å². The normalized spacial score (nSPS) is 11.4. The van der Waals surface area contributed by atoms with Gasteiger partial charge in [0, 0.05) is 13.1 Å². The summed E-state index contributed by atoms with van der Waals surface area (Å²) in [4.78, 5) is 12.3. The number of nitrogens with zero attached hydrogens (tertiary/aromatic N) is 1. The van der Waals surface area contributed by atoms with E-state index < -0.39 is 44.7 Å². The number of nitrogens with one attached hydrogen (secondary N) is 1. The van der Waals surface area contributed by atoms with Crippen LogP contribution < -0.4 is 10.5 Å². The average Bonchev–Trinajstić information content (AvgIpc) is 2.44. The molecule has 0 bridgehead atoms. The molecule has 3 N–H and O–H groups in total. The number of benzene rings is 1. The molecule has 1 aromatic rings. The number of carbonyl (C=O) groups excluding carboxylic acids is 1. The topological polar surface area (TPSA) is 92.5 Å². The molecule has 0 aliphatic heterocycles. The van der Waals surface area contributed by atoms with Crippen LogP contribution in [0.3, 0.4) is 0 Å². The second-order valence-electron chi connectivity index (χ2n) is 4.16. The highest BCUT2D eigenvalue weighted by Crippen LogP contribution is 2.22. The SMILES string of the molecule is CCN(CC)C(=O)CNS(=O)(=O)c1ccc(F)c(N)c1F. The maximum absolute atomic E-state index is 13.7. The Morgan fingerprint density at radius 1 is 1.29 bits per heavy atom. The fourth-order valence-corrected chi connectivity index (χ4v) is 2.74.